The Hall–Kier alpha value is -1.55. The average molecular weight is 350 g/mol. The van der Waals surface area contributed by atoms with Gasteiger partial charge in [-0.3, -0.25) is 4.79 Å². The number of rotatable bonds is 3. The molecule has 0 radical (unpaired) electrons. The summed E-state index contributed by atoms with van der Waals surface area (Å²) in [7, 11) is 0. The van der Waals surface area contributed by atoms with Crippen molar-refractivity contribution in [3.05, 3.63) is 69.2 Å². The second-order valence-corrected chi connectivity index (χ2v) is 6.41. The van der Waals surface area contributed by atoms with Crippen LogP contribution in [0, 0.1) is 0 Å². The van der Waals surface area contributed by atoms with Gasteiger partial charge < -0.3 is 10.0 Å². The molecule has 1 aliphatic heterocycles. The molecule has 3 nitrogen and oxygen atoms in total. The second-order valence-electron chi connectivity index (χ2n) is 5.62. The first kappa shape index (κ1) is 16.3. The molecule has 3 rings (SSSR count). The van der Waals surface area contributed by atoms with Gasteiger partial charge in [0.25, 0.3) is 0 Å². The van der Waals surface area contributed by atoms with Crippen LogP contribution in [-0.4, -0.2) is 29.1 Å². The Bertz CT molecular complexity index is 733. The van der Waals surface area contributed by atoms with Crippen LogP contribution >= 0.6 is 23.2 Å². The van der Waals surface area contributed by atoms with Gasteiger partial charge in [0.15, 0.2) is 0 Å². The number of fused-ring (bicyclic) bond motifs is 1. The highest BCUT2D eigenvalue weighted by atomic mass is 35.5. The minimum Gasteiger partial charge on any atom is -0.394 e. The zero-order chi connectivity index (χ0) is 16.4. The highest BCUT2D eigenvalue weighted by Gasteiger charge is 2.30. The first-order valence-corrected chi connectivity index (χ1v) is 8.28. The monoisotopic (exact) mass is 349 g/mol. The first-order chi connectivity index (χ1) is 11.1. The summed E-state index contributed by atoms with van der Waals surface area (Å²) in [5.74, 6) is -0.0530. The van der Waals surface area contributed by atoms with Crippen molar-refractivity contribution in [3.63, 3.8) is 0 Å². The van der Waals surface area contributed by atoms with Gasteiger partial charge >= 0.3 is 0 Å². The molecule has 2 aromatic rings. The minimum atomic E-state index is -0.301. The fourth-order valence-electron chi connectivity index (χ4n) is 3.10. The Kier molecular flexibility index (Phi) is 4.90. The van der Waals surface area contributed by atoms with Crippen LogP contribution in [0.25, 0.3) is 0 Å². The molecule has 120 valence electrons. The van der Waals surface area contributed by atoms with Crippen LogP contribution in [0.2, 0.25) is 10.0 Å². The molecular formula is C18H17Cl2NO2. The van der Waals surface area contributed by atoms with Crippen molar-refractivity contribution in [1.82, 2.24) is 4.90 Å². The van der Waals surface area contributed by atoms with Crippen molar-refractivity contribution in [2.24, 2.45) is 0 Å². The van der Waals surface area contributed by atoms with Crippen molar-refractivity contribution in [3.8, 4) is 0 Å². The van der Waals surface area contributed by atoms with Gasteiger partial charge in [-0.15, -0.1) is 0 Å². The average Bonchev–Trinajstić information content (AvgIpc) is 2.57. The lowest BCUT2D eigenvalue weighted by molar-refractivity contribution is -0.134. The van der Waals surface area contributed by atoms with E-state index in [1.807, 2.05) is 24.3 Å². The van der Waals surface area contributed by atoms with Gasteiger partial charge in [0, 0.05) is 6.54 Å². The summed E-state index contributed by atoms with van der Waals surface area (Å²) in [6.45, 7) is 0.505. The van der Waals surface area contributed by atoms with Crippen LogP contribution in [-0.2, 0) is 17.6 Å². The zero-order valence-corrected chi connectivity index (χ0v) is 14.0. The number of nitrogens with zero attached hydrogens (tertiary/aromatic N) is 1. The number of halogens is 2. The number of hydrogen-bond donors (Lipinski definition) is 1. The third-order valence-corrected chi connectivity index (χ3v) is 5.14. The van der Waals surface area contributed by atoms with Gasteiger partial charge in [-0.25, -0.2) is 0 Å². The van der Waals surface area contributed by atoms with Crippen LogP contribution in [0.4, 0.5) is 0 Å². The van der Waals surface area contributed by atoms with Gasteiger partial charge in [0.2, 0.25) is 5.91 Å². The lowest BCUT2D eigenvalue weighted by atomic mass is 9.92. The molecule has 1 unspecified atom stereocenters. The maximum absolute atomic E-state index is 12.7. The molecule has 1 heterocycles. The third kappa shape index (κ3) is 3.23. The van der Waals surface area contributed by atoms with Gasteiger partial charge in [-0.2, -0.15) is 0 Å². The summed E-state index contributed by atoms with van der Waals surface area (Å²) < 4.78 is 0. The normalized spacial score (nSPS) is 17.0. The van der Waals surface area contributed by atoms with Crippen LogP contribution < -0.4 is 0 Å². The van der Waals surface area contributed by atoms with E-state index in [1.54, 1.807) is 23.1 Å². The molecular weight excluding hydrogens is 333 g/mol. The highest BCUT2D eigenvalue weighted by Crippen LogP contribution is 2.31. The van der Waals surface area contributed by atoms with E-state index in [0.717, 1.165) is 12.0 Å². The highest BCUT2D eigenvalue weighted by molar-refractivity contribution is 6.42. The lowest BCUT2D eigenvalue weighted by Gasteiger charge is -2.36. The van der Waals surface area contributed by atoms with Crippen LogP contribution in [0.15, 0.2) is 42.5 Å². The van der Waals surface area contributed by atoms with Gasteiger partial charge in [0.05, 0.1) is 29.1 Å². The Morgan fingerprint density at radius 3 is 2.74 bits per heavy atom. The Morgan fingerprint density at radius 1 is 1.17 bits per heavy atom. The van der Waals surface area contributed by atoms with Crippen molar-refractivity contribution < 1.29 is 9.90 Å². The second kappa shape index (κ2) is 6.91. The molecule has 0 spiro atoms. The predicted octanol–water partition coefficient (Wildman–Crippen LogP) is 3.65. The molecule has 1 amide bonds. The molecule has 1 N–H and O–H groups in total. The predicted molar refractivity (Wildman–Crippen MR) is 91.9 cm³/mol. The topological polar surface area (TPSA) is 40.5 Å². The molecule has 0 bridgehead atoms. The molecule has 0 saturated heterocycles. The number of hydrogen-bond acceptors (Lipinski definition) is 2. The Morgan fingerprint density at radius 2 is 1.96 bits per heavy atom. The molecule has 0 aliphatic carbocycles. The van der Waals surface area contributed by atoms with Gasteiger partial charge in [-0.05, 0) is 29.2 Å². The van der Waals surface area contributed by atoms with E-state index >= 15 is 0 Å². The number of aliphatic hydroxyl groups is 1. The smallest absolute Gasteiger partial charge is 0.227 e. The van der Waals surface area contributed by atoms with E-state index in [9.17, 15) is 9.90 Å². The van der Waals surface area contributed by atoms with Gasteiger partial charge in [-0.1, -0.05) is 59.6 Å². The summed E-state index contributed by atoms with van der Waals surface area (Å²) in [5.41, 5.74) is 2.92. The standard InChI is InChI=1S/C18H17Cl2NO2/c19-15-7-3-5-13(18(15)20)10-17(23)21-9-8-12-4-1-2-6-14(12)16(21)11-22/h1-7,16,22H,8-11H2. The number of benzene rings is 2. The zero-order valence-electron chi connectivity index (χ0n) is 12.5. The van der Waals surface area contributed by atoms with Crippen LogP contribution in [0.5, 0.6) is 0 Å². The summed E-state index contributed by atoms with van der Waals surface area (Å²) in [5, 5.41) is 10.6. The molecule has 0 saturated carbocycles. The summed E-state index contributed by atoms with van der Waals surface area (Å²) in [6, 6.07) is 12.9. The molecule has 1 atom stereocenters. The fourth-order valence-corrected chi connectivity index (χ4v) is 3.48. The summed E-state index contributed by atoms with van der Waals surface area (Å²) >= 11 is 12.2. The number of carbonyl (C=O) groups is 1. The quantitative estimate of drug-likeness (QED) is 0.918. The SMILES string of the molecule is O=C(Cc1cccc(Cl)c1Cl)N1CCc2ccccc2C1CO. The summed E-state index contributed by atoms with van der Waals surface area (Å²) in [6.07, 6.45) is 0.972. The first-order valence-electron chi connectivity index (χ1n) is 7.53. The van der Waals surface area contributed by atoms with E-state index in [2.05, 4.69) is 0 Å². The fraction of sp³-hybridized carbons (Fsp3) is 0.278. The molecule has 2 aromatic carbocycles. The number of carbonyl (C=O) groups excluding carboxylic acids is 1. The summed E-state index contributed by atoms with van der Waals surface area (Å²) in [4.78, 5) is 14.5. The minimum absolute atomic E-state index is 0.0530. The lowest BCUT2D eigenvalue weighted by Crippen LogP contribution is -2.42. The molecule has 1 aliphatic rings. The van der Waals surface area contributed by atoms with Crippen molar-refractivity contribution in [2.75, 3.05) is 13.2 Å². The maximum Gasteiger partial charge on any atom is 0.227 e. The van der Waals surface area contributed by atoms with Crippen molar-refractivity contribution >= 4 is 29.1 Å². The van der Waals surface area contributed by atoms with E-state index in [0.29, 0.717) is 22.2 Å². The van der Waals surface area contributed by atoms with Crippen molar-refractivity contribution in [2.45, 2.75) is 18.9 Å². The third-order valence-electron chi connectivity index (χ3n) is 4.28. The molecule has 23 heavy (non-hydrogen) atoms. The molecule has 0 aromatic heterocycles. The van der Waals surface area contributed by atoms with Crippen LogP contribution in [0.1, 0.15) is 22.7 Å². The maximum atomic E-state index is 12.7. The van der Waals surface area contributed by atoms with Gasteiger partial charge in [0.1, 0.15) is 0 Å². The Balaban J connectivity index is 1.84. The number of amides is 1. The van der Waals surface area contributed by atoms with E-state index in [-0.39, 0.29) is 25.0 Å². The molecule has 5 heteroatoms. The largest absolute Gasteiger partial charge is 0.394 e. The van der Waals surface area contributed by atoms with E-state index < -0.39 is 0 Å². The van der Waals surface area contributed by atoms with Crippen LogP contribution in [0.3, 0.4) is 0 Å². The molecule has 0 fully saturated rings. The van der Waals surface area contributed by atoms with E-state index in [1.165, 1.54) is 5.56 Å². The van der Waals surface area contributed by atoms with Crippen molar-refractivity contribution in [1.29, 1.82) is 0 Å². The Labute approximate surface area is 145 Å². The number of aliphatic hydroxyl groups excluding tert-OH is 1. The van der Waals surface area contributed by atoms with E-state index in [4.69, 9.17) is 23.2 Å².